The molecule has 15 heavy (non-hydrogen) atoms. The van der Waals surface area contributed by atoms with Gasteiger partial charge in [0.25, 0.3) is 0 Å². The molecule has 0 aromatic rings. The first-order chi connectivity index (χ1) is 7.10. The van der Waals surface area contributed by atoms with Gasteiger partial charge in [-0.15, -0.1) is 0 Å². The van der Waals surface area contributed by atoms with E-state index in [2.05, 4.69) is 10.6 Å². The molecule has 0 radical (unpaired) electrons. The Labute approximate surface area is 89.5 Å². The number of ether oxygens (including phenoxy) is 1. The molecule has 0 aromatic heterocycles. The number of rotatable bonds is 7. The van der Waals surface area contributed by atoms with E-state index in [-0.39, 0.29) is 30.8 Å². The molecule has 1 unspecified atom stereocenters. The normalized spacial score (nSPS) is 11.9. The Morgan fingerprint density at radius 3 is 2.53 bits per heavy atom. The SMILES string of the molecule is COCC(C)CNC(=O)CNC(=O)CN. The minimum Gasteiger partial charge on any atom is -0.384 e. The maximum Gasteiger partial charge on any atom is 0.239 e. The van der Waals surface area contributed by atoms with Gasteiger partial charge in [-0.3, -0.25) is 9.59 Å². The van der Waals surface area contributed by atoms with Gasteiger partial charge in [0.15, 0.2) is 0 Å². The zero-order chi connectivity index (χ0) is 11.7. The molecule has 6 nitrogen and oxygen atoms in total. The highest BCUT2D eigenvalue weighted by atomic mass is 16.5. The van der Waals surface area contributed by atoms with Crippen molar-refractivity contribution >= 4 is 11.8 Å². The van der Waals surface area contributed by atoms with Crippen LogP contribution in [0.4, 0.5) is 0 Å². The summed E-state index contributed by atoms with van der Waals surface area (Å²) in [6.45, 7) is 2.95. The molecular weight excluding hydrogens is 198 g/mol. The fourth-order valence-electron chi connectivity index (χ4n) is 0.945. The predicted molar refractivity (Wildman–Crippen MR) is 56.1 cm³/mol. The van der Waals surface area contributed by atoms with Crippen LogP contribution in [0.3, 0.4) is 0 Å². The summed E-state index contributed by atoms with van der Waals surface area (Å²) in [5, 5.41) is 5.05. The van der Waals surface area contributed by atoms with Crippen LogP contribution in [-0.4, -0.2) is 45.2 Å². The van der Waals surface area contributed by atoms with E-state index in [1.54, 1.807) is 7.11 Å². The van der Waals surface area contributed by atoms with Crippen molar-refractivity contribution in [2.75, 3.05) is 33.4 Å². The highest BCUT2D eigenvalue weighted by Crippen LogP contribution is 1.91. The molecule has 88 valence electrons. The summed E-state index contributed by atoms with van der Waals surface area (Å²) >= 11 is 0. The number of amides is 2. The van der Waals surface area contributed by atoms with E-state index in [9.17, 15) is 9.59 Å². The van der Waals surface area contributed by atoms with Gasteiger partial charge in [-0.2, -0.15) is 0 Å². The van der Waals surface area contributed by atoms with Gasteiger partial charge in [0.2, 0.25) is 11.8 Å². The van der Waals surface area contributed by atoms with E-state index < -0.39 is 0 Å². The summed E-state index contributed by atoms with van der Waals surface area (Å²) in [4.78, 5) is 21.9. The Hall–Kier alpha value is -1.14. The molecule has 0 spiro atoms. The van der Waals surface area contributed by atoms with Crippen LogP contribution >= 0.6 is 0 Å². The summed E-state index contributed by atoms with van der Waals surface area (Å²) in [7, 11) is 1.61. The highest BCUT2D eigenvalue weighted by Gasteiger charge is 2.06. The van der Waals surface area contributed by atoms with Crippen LogP contribution in [0, 0.1) is 5.92 Å². The fourth-order valence-corrected chi connectivity index (χ4v) is 0.945. The Morgan fingerprint density at radius 1 is 1.33 bits per heavy atom. The number of carbonyl (C=O) groups is 2. The quantitative estimate of drug-likeness (QED) is 0.482. The van der Waals surface area contributed by atoms with E-state index in [1.807, 2.05) is 6.92 Å². The summed E-state index contributed by atoms with van der Waals surface area (Å²) < 4.78 is 4.91. The lowest BCUT2D eigenvalue weighted by Crippen LogP contribution is -2.41. The van der Waals surface area contributed by atoms with E-state index in [1.165, 1.54) is 0 Å². The van der Waals surface area contributed by atoms with Crippen LogP contribution in [0.2, 0.25) is 0 Å². The van der Waals surface area contributed by atoms with Crippen LogP contribution < -0.4 is 16.4 Å². The molecule has 0 rings (SSSR count). The van der Waals surface area contributed by atoms with Crippen LogP contribution in [0.25, 0.3) is 0 Å². The van der Waals surface area contributed by atoms with E-state index in [4.69, 9.17) is 10.5 Å². The molecular formula is C9H19N3O3. The topological polar surface area (TPSA) is 93.5 Å². The van der Waals surface area contributed by atoms with E-state index in [0.717, 1.165) is 0 Å². The van der Waals surface area contributed by atoms with Crippen LogP contribution in [0.15, 0.2) is 0 Å². The summed E-state index contributed by atoms with van der Waals surface area (Å²) in [6, 6.07) is 0. The first-order valence-corrected chi connectivity index (χ1v) is 4.82. The van der Waals surface area contributed by atoms with Gasteiger partial charge in [0, 0.05) is 13.7 Å². The van der Waals surface area contributed by atoms with Crippen molar-refractivity contribution in [1.29, 1.82) is 0 Å². The molecule has 0 heterocycles. The lowest BCUT2D eigenvalue weighted by atomic mass is 10.2. The highest BCUT2D eigenvalue weighted by molar-refractivity contribution is 5.85. The lowest BCUT2D eigenvalue weighted by molar-refractivity contribution is -0.125. The van der Waals surface area contributed by atoms with Crippen molar-refractivity contribution in [2.45, 2.75) is 6.92 Å². The van der Waals surface area contributed by atoms with Gasteiger partial charge in [-0.1, -0.05) is 6.92 Å². The molecule has 0 aliphatic carbocycles. The monoisotopic (exact) mass is 217 g/mol. The van der Waals surface area contributed by atoms with Crippen LogP contribution in [-0.2, 0) is 14.3 Å². The minimum absolute atomic E-state index is 0.0320. The number of nitrogens with one attached hydrogen (secondary N) is 2. The second-order valence-electron chi connectivity index (χ2n) is 3.35. The second-order valence-corrected chi connectivity index (χ2v) is 3.35. The molecule has 0 aromatic carbocycles. The molecule has 0 fully saturated rings. The van der Waals surface area contributed by atoms with Crippen molar-refractivity contribution in [3.8, 4) is 0 Å². The minimum atomic E-state index is -0.338. The molecule has 4 N–H and O–H groups in total. The standard InChI is InChI=1S/C9H19N3O3/c1-7(6-15-2)4-11-9(14)5-12-8(13)3-10/h7H,3-6,10H2,1-2H3,(H,11,14)(H,12,13). The molecule has 1 atom stereocenters. The third kappa shape index (κ3) is 7.90. The summed E-state index contributed by atoms with van der Waals surface area (Å²) in [6.07, 6.45) is 0. The van der Waals surface area contributed by atoms with Crippen LogP contribution in [0.1, 0.15) is 6.92 Å². The fraction of sp³-hybridized carbons (Fsp3) is 0.778. The van der Waals surface area contributed by atoms with Gasteiger partial charge >= 0.3 is 0 Å². The summed E-state index contributed by atoms with van der Waals surface area (Å²) in [5.41, 5.74) is 5.06. The Morgan fingerprint density at radius 2 is 2.00 bits per heavy atom. The van der Waals surface area contributed by atoms with E-state index in [0.29, 0.717) is 13.2 Å². The molecule has 0 bridgehead atoms. The first-order valence-electron chi connectivity index (χ1n) is 4.82. The van der Waals surface area contributed by atoms with Crippen molar-refractivity contribution in [1.82, 2.24) is 10.6 Å². The number of carbonyl (C=O) groups excluding carboxylic acids is 2. The van der Waals surface area contributed by atoms with Crippen molar-refractivity contribution in [2.24, 2.45) is 11.7 Å². The summed E-state index contributed by atoms with van der Waals surface area (Å²) in [5.74, 6) is -0.306. The number of hydrogen-bond acceptors (Lipinski definition) is 4. The molecule has 0 aliphatic rings. The zero-order valence-corrected chi connectivity index (χ0v) is 9.21. The number of methoxy groups -OCH3 is 1. The van der Waals surface area contributed by atoms with Crippen molar-refractivity contribution in [3.63, 3.8) is 0 Å². The number of nitrogens with two attached hydrogens (primary N) is 1. The average Bonchev–Trinajstić information content (AvgIpc) is 2.23. The zero-order valence-electron chi connectivity index (χ0n) is 9.21. The Balaban J connectivity index is 3.53. The molecule has 6 heteroatoms. The molecule has 0 aliphatic heterocycles. The smallest absolute Gasteiger partial charge is 0.239 e. The Bertz CT molecular complexity index is 209. The number of hydrogen-bond donors (Lipinski definition) is 3. The van der Waals surface area contributed by atoms with Crippen LogP contribution in [0.5, 0.6) is 0 Å². The second kappa shape index (κ2) is 8.19. The lowest BCUT2D eigenvalue weighted by Gasteiger charge is -2.11. The maximum absolute atomic E-state index is 11.2. The van der Waals surface area contributed by atoms with Gasteiger partial charge in [0.1, 0.15) is 0 Å². The molecule has 0 saturated heterocycles. The predicted octanol–water partition coefficient (Wildman–Crippen LogP) is -1.54. The Kier molecular flexibility index (Phi) is 7.57. The third-order valence-electron chi connectivity index (χ3n) is 1.73. The largest absolute Gasteiger partial charge is 0.384 e. The third-order valence-corrected chi connectivity index (χ3v) is 1.73. The first kappa shape index (κ1) is 13.9. The molecule has 2 amide bonds. The van der Waals surface area contributed by atoms with Crippen molar-refractivity contribution < 1.29 is 14.3 Å². The van der Waals surface area contributed by atoms with Gasteiger partial charge in [0.05, 0.1) is 19.7 Å². The van der Waals surface area contributed by atoms with Crippen molar-refractivity contribution in [3.05, 3.63) is 0 Å². The van der Waals surface area contributed by atoms with Gasteiger partial charge in [-0.25, -0.2) is 0 Å². The molecule has 0 saturated carbocycles. The maximum atomic E-state index is 11.2. The van der Waals surface area contributed by atoms with Gasteiger partial charge < -0.3 is 21.1 Å². The van der Waals surface area contributed by atoms with Gasteiger partial charge in [-0.05, 0) is 5.92 Å². The van der Waals surface area contributed by atoms with E-state index >= 15 is 0 Å². The average molecular weight is 217 g/mol.